The molecule has 0 heterocycles. The summed E-state index contributed by atoms with van der Waals surface area (Å²) in [5, 5.41) is 0.803. The topological polar surface area (TPSA) is 69.7 Å². The first kappa shape index (κ1) is 19.9. The van der Waals surface area contributed by atoms with Crippen LogP contribution in [0.25, 0.3) is 0 Å². The molecule has 0 radical (unpaired) electrons. The summed E-state index contributed by atoms with van der Waals surface area (Å²) in [6.45, 7) is 3.43. The van der Waals surface area contributed by atoms with E-state index >= 15 is 0 Å². The predicted molar refractivity (Wildman–Crippen MR) is 87.0 cm³/mol. The monoisotopic (exact) mass is 426 g/mol. The van der Waals surface area contributed by atoms with Crippen molar-refractivity contribution >= 4 is 52.4 Å². The molecule has 0 aliphatic carbocycles. The van der Waals surface area contributed by atoms with Crippen molar-refractivity contribution in [2.45, 2.75) is 13.8 Å². The Morgan fingerprint density at radius 3 is 2.05 bits per heavy atom. The third-order valence-electron chi connectivity index (χ3n) is 2.00. The molecule has 0 bridgehead atoms. The van der Waals surface area contributed by atoms with Gasteiger partial charge in [-0.1, -0.05) is 17.7 Å². The lowest BCUT2D eigenvalue weighted by molar-refractivity contribution is -0.161. The van der Waals surface area contributed by atoms with Crippen molar-refractivity contribution in [2.75, 3.05) is 13.2 Å². The Bertz CT molecular complexity index is 443. The van der Waals surface area contributed by atoms with Gasteiger partial charge in [0.15, 0.2) is 0 Å². The smallest absolute Gasteiger partial charge is 0.327 e. The van der Waals surface area contributed by atoms with Gasteiger partial charge in [-0.15, -0.1) is 0 Å². The molecule has 116 valence electrons. The lowest BCUT2D eigenvalue weighted by Gasteiger charge is -2.07. The maximum absolute atomic E-state index is 10.9. The molecule has 0 unspecified atom stereocenters. The van der Waals surface area contributed by atoms with Gasteiger partial charge in [0, 0.05) is 8.59 Å². The van der Waals surface area contributed by atoms with Gasteiger partial charge in [0.25, 0.3) is 0 Å². The van der Waals surface area contributed by atoms with Crippen molar-refractivity contribution in [1.29, 1.82) is 0 Å². The van der Waals surface area contributed by atoms with Crippen molar-refractivity contribution in [3.63, 3.8) is 0 Å². The van der Waals surface area contributed by atoms with Gasteiger partial charge in [0.05, 0.1) is 13.2 Å². The number of aldehydes is 1. The Kier molecular flexibility index (Phi) is 10.9. The standard InChI is InChI=1S/C8H12O5.C6H4ClI/c1-3-12-7(10)6(5-9)8(11)13-4-2;7-5-2-1-3-6(8)4-5/h5-6H,3-4H2,1-2H3;1-4H. The summed E-state index contributed by atoms with van der Waals surface area (Å²) in [7, 11) is 0. The molecule has 0 saturated heterocycles. The molecule has 1 aromatic carbocycles. The second-order valence-corrected chi connectivity index (χ2v) is 5.24. The summed E-state index contributed by atoms with van der Waals surface area (Å²) in [5.74, 6) is -3.17. The van der Waals surface area contributed by atoms with Crippen LogP contribution in [0.3, 0.4) is 0 Å². The molecule has 0 N–H and O–H groups in total. The number of esters is 2. The lowest BCUT2D eigenvalue weighted by Crippen LogP contribution is -2.29. The Hall–Kier alpha value is -1.15. The molecule has 5 nitrogen and oxygen atoms in total. The average molecular weight is 427 g/mol. The third kappa shape index (κ3) is 8.67. The zero-order valence-corrected chi connectivity index (χ0v) is 14.6. The summed E-state index contributed by atoms with van der Waals surface area (Å²) in [5.41, 5.74) is 0. The van der Waals surface area contributed by atoms with Gasteiger partial charge in [-0.2, -0.15) is 0 Å². The molecule has 0 aliphatic heterocycles. The van der Waals surface area contributed by atoms with Crippen LogP contribution in [0.2, 0.25) is 5.02 Å². The third-order valence-corrected chi connectivity index (χ3v) is 2.91. The van der Waals surface area contributed by atoms with Gasteiger partial charge in [-0.3, -0.25) is 9.59 Å². The Labute approximate surface area is 142 Å². The van der Waals surface area contributed by atoms with Crippen LogP contribution in [-0.4, -0.2) is 31.4 Å². The van der Waals surface area contributed by atoms with E-state index in [0.29, 0.717) is 0 Å². The highest BCUT2D eigenvalue weighted by molar-refractivity contribution is 14.1. The summed E-state index contributed by atoms with van der Waals surface area (Å²) in [4.78, 5) is 32.2. The Morgan fingerprint density at radius 2 is 1.76 bits per heavy atom. The summed E-state index contributed by atoms with van der Waals surface area (Å²) in [6, 6.07) is 7.72. The fraction of sp³-hybridized carbons (Fsp3) is 0.357. The maximum Gasteiger partial charge on any atom is 0.327 e. The molecule has 0 aromatic heterocycles. The highest BCUT2D eigenvalue weighted by Crippen LogP contribution is 2.11. The van der Waals surface area contributed by atoms with Gasteiger partial charge in [-0.05, 0) is 54.6 Å². The van der Waals surface area contributed by atoms with E-state index in [4.69, 9.17) is 11.6 Å². The van der Waals surface area contributed by atoms with Gasteiger partial charge in [0.2, 0.25) is 5.92 Å². The Morgan fingerprint density at radius 1 is 1.24 bits per heavy atom. The van der Waals surface area contributed by atoms with Crippen LogP contribution < -0.4 is 0 Å². The molecular weight excluding hydrogens is 411 g/mol. The fourth-order valence-corrected chi connectivity index (χ4v) is 2.05. The summed E-state index contributed by atoms with van der Waals surface area (Å²) in [6.07, 6.45) is 0.218. The van der Waals surface area contributed by atoms with Gasteiger partial charge in [0.1, 0.15) is 6.29 Å². The highest BCUT2D eigenvalue weighted by atomic mass is 127. The second kappa shape index (κ2) is 11.5. The summed E-state index contributed by atoms with van der Waals surface area (Å²) < 4.78 is 10.2. The minimum atomic E-state index is -1.44. The van der Waals surface area contributed by atoms with Crippen molar-refractivity contribution < 1.29 is 23.9 Å². The fourth-order valence-electron chi connectivity index (χ4n) is 1.13. The molecule has 0 fully saturated rings. The molecule has 0 aliphatic rings. The first-order valence-electron chi connectivity index (χ1n) is 6.15. The van der Waals surface area contributed by atoms with Gasteiger partial charge < -0.3 is 14.3 Å². The van der Waals surface area contributed by atoms with Crippen LogP contribution in [0.15, 0.2) is 24.3 Å². The number of carbonyl (C=O) groups is 3. The van der Waals surface area contributed by atoms with E-state index in [9.17, 15) is 14.4 Å². The second-order valence-electron chi connectivity index (χ2n) is 3.56. The maximum atomic E-state index is 10.9. The number of halogens is 2. The van der Waals surface area contributed by atoms with E-state index in [-0.39, 0.29) is 19.5 Å². The minimum Gasteiger partial charge on any atom is -0.465 e. The van der Waals surface area contributed by atoms with Crippen LogP contribution in [0.4, 0.5) is 0 Å². The predicted octanol–water partition coefficient (Wildman–Crippen LogP) is 2.87. The molecule has 1 rings (SSSR count). The van der Waals surface area contributed by atoms with E-state index in [1.807, 2.05) is 24.3 Å². The van der Waals surface area contributed by atoms with Gasteiger partial charge >= 0.3 is 11.9 Å². The van der Waals surface area contributed by atoms with Crippen molar-refractivity contribution in [3.05, 3.63) is 32.9 Å². The zero-order valence-electron chi connectivity index (χ0n) is 11.7. The van der Waals surface area contributed by atoms with Crippen molar-refractivity contribution in [1.82, 2.24) is 0 Å². The number of carbonyl (C=O) groups excluding carboxylic acids is 3. The molecule has 0 spiro atoms. The quantitative estimate of drug-likeness (QED) is 0.313. The molecule has 1 aromatic rings. The first-order valence-corrected chi connectivity index (χ1v) is 7.61. The van der Waals surface area contributed by atoms with E-state index in [1.54, 1.807) is 13.8 Å². The van der Waals surface area contributed by atoms with Crippen molar-refractivity contribution in [3.8, 4) is 0 Å². The van der Waals surface area contributed by atoms with Gasteiger partial charge in [-0.25, -0.2) is 0 Å². The average Bonchev–Trinajstić information content (AvgIpc) is 2.40. The van der Waals surface area contributed by atoms with E-state index in [0.717, 1.165) is 5.02 Å². The molecule has 0 saturated carbocycles. The van der Waals surface area contributed by atoms with E-state index < -0.39 is 17.9 Å². The SMILES string of the molecule is CCOC(=O)C(C=O)C(=O)OCC.Clc1cccc(I)c1. The number of ether oxygens (including phenoxy) is 2. The number of benzene rings is 1. The lowest BCUT2D eigenvalue weighted by atomic mass is 10.2. The molecule has 21 heavy (non-hydrogen) atoms. The van der Waals surface area contributed by atoms with Crippen molar-refractivity contribution in [2.24, 2.45) is 5.92 Å². The largest absolute Gasteiger partial charge is 0.465 e. The first-order chi connectivity index (χ1) is 9.96. The van der Waals surface area contributed by atoms with Crippen LogP contribution in [-0.2, 0) is 23.9 Å². The summed E-state index contributed by atoms with van der Waals surface area (Å²) >= 11 is 7.86. The highest BCUT2D eigenvalue weighted by Gasteiger charge is 2.28. The van der Waals surface area contributed by atoms with Crippen LogP contribution in [0.1, 0.15) is 13.8 Å². The van der Waals surface area contributed by atoms with E-state index in [1.165, 1.54) is 3.57 Å². The minimum absolute atomic E-state index is 0.128. The number of hydrogen-bond donors (Lipinski definition) is 0. The molecule has 0 atom stereocenters. The van der Waals surface area contributed by atoms with Crippen LogP contribution in [0.5, 0.6) is 0 Å². The van der Waals surface area contributed by atoms with E-state index in [2.05, 4.69) is 32.1 Å². The zero-order chi connectivity index (χ0) is 16.3. The normalized spacial score (nSPS) is 9.38. The molecule has 0 amide bonds. The van der Waals surface area contributed by atoms with Crippen LogP contribution in [0, 0.1) is 9.49 Å². The number of rotatable bonds is 5. The molecular formula is C14H16ClIO5. The Balaban J connectivity index is 0.000000423. The molecule has 7 heteroatoms. The number of hydrogen-bond acceptors (Lipinski definition) is 5. The van der Waals surface area contributed by atoms with Crippen LogP contribution >= 0.6 is 34.2 Å².